The average molecular weight is 270 g/mol. The third-order valence-corrected chi connectivity index (χ3v) is 3.11. The zero-order valence-electron chi connectivity index (χ0n) is 10.9. The molecule has 6 nitrogen and oxygen atoms in total. The van der Waals surface area contributed by atoms with Crippen molar-refractivity contribution >= 4 is 10.9 Å². The Morgan fingerprint density at radius 3 is 2.90 bits per heavy atom. The first-order chi connectivity index (χ1) is 9.69. The van der Waals surface area contributed by atoms with E-state index in [-0.39, 0.29) is 12.5 Å². The number of hydrogen-bond acceptors (Lipinski definition) is 6. The molecule has 0 aliphatic carbocycles. The molecule has 3 N–H and O–H groups in total. The highest BCUT2D eigenvalue weighted by atomic mass is 16.5. The molecule has 2 heterocycles. The second-order valence-corrected chi connectivity index (χ2v) is 4.59. The molecule has 0 radical (unpaired) electrons. The van der Waals surface area contributed by atoms with Crippen molar-refractivity contribution in [3.8, 4) is 11.5 Å². The van der Waals surface area contributed by atoms with E-state index >= 15 is 0 Å². The fourth-order valence-electron chi connectivity index (χ4n) is 2.03. The number of nitrogens with two attached hydrogens (primary N) is 1. The highest BCUT2D eigenvalue weighted by Gasteiger charge is 2.16. The minimum absolute atomic E-state index is 0.204. The van der Waals surface area contributed by atoms with Crippen molar-refractivity contribution < 1.29 is 9.63 Å². The van der Waals surface area contributed by atoms with Gasteiger partial charge in [-0.15, -0.1) is 0 Å². The van der Waals surface area contributed by atoms with Crippen LogP contribution in [-0.4, -0.2) is 26.8 Å². The van der Waals surface area contributed by atoms with Crippen LogP contribution in [0.15, 0.2) is 34.9 Å². The van der Waals surface area contributed by atoms with Crippen molar-refractivity contribution in [2.24, 2.45) is 5.73 Å². The molecule has 2 aromatic heterocycles. The Balaban J connectivity index is 2.08. The highest BCUT2D eigenvalue weighted by Crippen LogP contribution is 2.23. The molecule has 6 heteroatoms. The normalized spacial score (nSPS) is 12.8. The summed E-state index contributed by atoms with van der Waals surface area (Å²) in [5.41, 5.74) is 8.23. The van der Waals surface area contributed by atoms with E-state index in [1.54, 1.807) is 0 Å². The van der Waals surface area contributed by atoms with Crippen LogP contribution in [0.25, 0.3) is 22.4 Å². The van der Waals surface area contributed by atoms with Crippen molar-refractivity contribution in [2.75, 3.05) is 6.61 Å². The third kappa shape index (κ3) is 2.15. The van der Waals surface area contributed by atoms with Crippen LogP contribution in [-0.2, 0) is 0 Å². The number of fused-ring (bicyclic) bond motifs is 1. The predicted molar refractivity (Wildman–Crippen MR) is 73.8 cm³/mol. The first-order valence-electron chi connectivity index (χ1n) is 6.26. The lowest BCUT2D eigenvalue weighted by Gasteiger charge is -2.03. The molecule has 20 heavy (non-hydrogen) atoms. The van der Waals surface area contributed by atoms with E-state index in [0.29, 0.717) is 11.5 Å². The van der Waals surface area contributed by atoms with Crippen LogP contribution in [0.2, 0.25) is 0 Å². The number of hydrogen-bond donors (Lipinski definition) is 2. The predicted octanol–water partition coefficient (Wildman–Crippen LogP) is 1.59. The largest absolute Gasteiger partial charge is 0.394 e. The summed E-state index contributed by atoms with van der Waals surface area (Å²) in [4.78, 5) is 8.69. The second-order valence-electron chi connectivity index (χ2n) is 4.59. The molecule has 102 valence electrons. The molecular formula is C14H14N4O2. The molecule has 0 bridgehead atoms. The summed E-state index contributed by atoms with van der Waals surface area (Å²) < 4.78 is 5.04. The summed E-state index contributed by atoms with van der Waals surface area (Å²) >= 11 is 0. The number of nitrogens with zero attached hydrogens (tertiary/aromatic N) is 3. The van der Waals surface area contributed by atoms with E-state index in [9.17, 15) is 0 Å². The molecule has 0 unspecified atom stereocenters. The summed E-state index contributed by atoms with van der Waals surface area (Å²) in [6, 6.07) is 9.10. The summed E-state index contributed by atoms with van der Waals surface area (Å²) in [6.45, 7) is 1.76. The smallest absolute Gasteiger partial charge is 0.246 e. The Hall–Kier alpha value is -2.31. The molecular weight excluding hydrogens is 256 g/mol. The monoisotopic (exact) mass is 270 g/mol. The Morgan fingerprint density at radius 1 is 1.30 bits per heavy atom. The SMILES string of the molecule is Cc1cc(-c2noc([C@H](N)CO)n2)nc2ccccc12. The Bertz CT molecular complexity index is 754. The summed E-state index contributed by atoms with van der Waals surface area (Å²) in [5.74, 6) is 0.577. The van der Waals surface area contributed by atoms with Gasteiger partial charge in [0.2, 0.25) is 11.7 Å². The first kappa shape index (κ1) is 12.7. The molecule has 0 saturated carbocycles. The van der Waals surface area contributed by atoms with Gasteiger partial charge in [0.15, 0.2) is 0 Å². The molecule has 0 fully saturated rings. The Morgan fingerprint density at radius 2 is 2.10 bits per heavy atom. The Kier molecular flexibility index (Phi) is 3.17. The molecule has 1 aromatic carbocycles. The molecule has 1 atom stereocenters. The van der Waals surface area contributed by atoms with E-state index in [2.05, 4.69) is 15.1 Å². The minimum atomic E-state index is -0.669. The minimum Gasteiger partial charge on any atom is -0.394 e. The van der Waals surface area contributed by atoms with E-state index in [1.807, 2.05) is 37.3 Å². The van der Waals surface area contributed by atoms with Crippen LogP contribution in [0.4, 0.5) is 0 Å². The average Bonchev–Trinajstić information content (AvgIpc) is 2.96. The van der Waals surface area contributed by atoms with Crippen LogP contribution in [0.3, 0.4) is 0 Å². The van der Waals surface area contributed by atoms with E-state index in [0.717, 1.165) is 16.5 Å². The van der Waals surface area contributed by atoms with Crippen molar-refractivity contribution in [1.29, 1.82) is 0 Å². The number of aryl methyl sites for hydroxylation is 1. The fourth-order valence-corrected chi connectivity index (χ4v) is 2.03. The second kappa shape index (κ2) is 4.99. The lowest BCUT2D eigenvalue weighted by Crippen LogP contribution is -2.14. The number of aliphatic hydroxyl groups is 1. The number of aliphatic hydroxyl groups excluding tert-OH is 1. The van der Waals surface area contributed by atoms with Crippen LogP contribution in [0.5, 0.6) is 0 Å². The van der Waals surface area contributed by atoms with Gasteiger partial charge in [-0.05, 0) is 24.6 Å². The van der Waals surface area contributed by atoms with E-state index < -0.39 is 6.04 Å². The summed E-state index contributed by atoms with van der Waals surface area (Å²) in [5, 5.41) is 13.9. The van der Waals surface area contributed by atoms with Crippen molar-refractivity contribution in [1.82, 2.24) is 15.1 Å². The number of rotatable bonds is 3. The molecule has 0 aliphatic rings. The highest BCUT2D eigenvalue weighted by molar-refractivity contribution is 5.84. The Labute approximate surface area is 115 Å². The molecule has 0 saturated heterocycles. The van der Waals surface area contributed by atoms with Gasteiger partial charge in [-0.3, -0.25) is 0 Å². The van der Waals surface area contributed by atoms with Crippen LogP contribution in [0, 0.1) is 6.92 Å². The standard InChI is InChI=1S/C14H14N4O2/c1-8-6-12(16-11-5-3-2-4-9(8)11)13-17-14(20-18-13)10(15)7-19/h2-6,10,19H,7,15H2,1H3/t10-/m1/s1. The van der Waals surface area contributed by atoms with Gasteiger partial charge < -0.3 is 15.4 Å². The maximum Gasteiger partial charge on any atom is 0.246 e. The molecule has 0 amide bonds. The molecule has 3 aromatic rings. The van der Waals surface area contributed by atoms with Crippen LogP contribution < -0.4 is 5.73 Å². The zero-order valence-corrected chi connectivity index (χ0v) is 10.9. The summed E-state index contributed by atoms with van der Waals surface area (Å²) in [7, 11) is 0. The molecule has 0 spiro atoms. The lowest BCUT2D eigenvalue weighted by atomic mass is 10.1. The lowest BCUT2D eigenvalue weighted by molar-refractivity contribution is 0.237. The maximum atomic E-state index is 8.99. The third-order valence-electron chi connectivity index (χ3n) is 3.11. The first-order valence-corrected chi connectivity index (χ1v) is 6.26. The van der Waals surface area contributed by atoms with Crippen LogP contribution >= 0.6 is 0 Å². The quantitative estimate of drug-likeness (QED) is 0.750. The molecule has 0 aliphatic heterocycles. The zero-order chi connectivity index (χ0) is 14.1. The van der Waals surface area contributed by atoms with Crippen molar-refractivity contribution in [2.45, 2.75) is 13.0 Å². The fraction of sp³-hybridized carbons (Fsp3) is 0.214. The number of para-hydroxylation sites is 1. The number of aromatic nitrogens is 3. The van der Waals surface area contributed by atoms with Crippen molar-refractivity contribution in [3.63, 3.8) is 0 Å². The number of pyridine rings is 1. The van der Waals surface area contributed by atoms with Gasteiger partial charge in [0.1, 0.15) is 11.7 Å². The molecule has 3 rings (SSSR count). The van der Waals surface area contributed by atoms with Gasteiger partial charge in [-0.2, -0.15) is 4.98 Å². The topological polar surface area (TPSA) is 98.1 Å². The van der Waals surface area contributed by atoms with E-state index in [1.165, 1.54) is 0 Å². The van der Waals surface area contributed by atoms with Gasteiger partial charge in [-0.1, -0.05) is 23.4 Å². The maximum absolute atomic E-state index is 8.99. The van der Waals surface area contributed by atoms with Crippen molar-refractivity contribution in [3.05, 3.63) is 41.8 Å². The van der Waals surface area contributed by atoms with Gasteiger partial charge in [0, 0.05) is 5.39 Å². The number of benzene rings is 1. The summed E-state index contributed by atoms with van der Waals surface area (Å²) in [6.07, 6.45) is 0. The van der Waals surface area contributed by atoms with Gasteiger partial charge in [-0.25, -0.2) is 4.98 Å². The van der Waals surface area contributed by atoms with Gasteiger partial charge >= 0.3 is 0 Å². The van der Waals surface area contributed by atoms with Gasteiger partial charge in [0.05, 0.1) is 12.1 Å². The van der Waals surface area contributed by atoms with Crippen LogP contribution in [0.1, 0.15) is 17.5 Å². The van der Waals surface area contributed by atoms with Gasteiger partial charge in [0.25, 0.3) is 0 Å². The van der Waals surface area contributed by atoms with E-state index in [4.69, 9.17) is 15.4 Å².